The number of rotatable bonds is 5. The van der Waals surface area contributed by atoms with Gasteiger partial charge in [0.05, 0.1) is 29.9 Å². The normalized spacial score (nSPS) is 12.1. The fourth-order valence-electron chi connectivity index (χ4n) is 3.19. The number of nitrogens with one attached hydrogen (secondary N) is 1. The number of pyridine rings is 1. The number of anilines is 1. The second-order valence-electron chi connectivity index (χ2n) is 8.48. The van der Waals surface area contributed by atoms with Crippen molar-refractivity contribution >= 4 is 28.6 Å². The molecule has 0 atom stereocenters. The summed E-state index contributed by atoms with van der Waals surface area (Å²) >= 11 is 6.18. The van der Waals surface area contributed by atoms with E-state index in [0.717, 1.165) is 17.1 Å². The lowest BCUT2D eigenvalue weighted by molar-refractivity contribution is 0.560. The summed E-state index contributed by atoms with van der Waals surface area (Å²) in [5.41, 5.74) is 4.13. The van der Waals surface area contributed by atoms with Gasteiger partial charge in [0.1, 0.15) is 0 Å². The van der Waals surface area contributed by atoms with Gasteiger partial charge in [-0.2, -0.15) is 15.1 Å². The van der Waals surface area contributed by atoms with Crippen LogP contribution in [0.4, 0.5) is 5.82 Å². The molecule has 1 N–H and O–H groups in total. The minimum atomic E-state index is -0.0234. The van der Waals surface area contributed by atoms with Crippen molar-refractivity contribution in [1.82, 2.24) is 34.3 Å². The molecule has 4 aromatic heterocycles. The number of nitrogens with zero attached hydrogens (tertiary/aromatic N) is 7. The van der Waals surface area contributed by atoms with Gasteiger partial charge < -0.3 is 9.88 Å². The van der Waals surface area contributed by atoms with E-state index in [1.807, 2.05) is 33.6 Å². The Morgan fingerprint density at radius 2 is 1.93 bits per heavy atom. The molecule has 0 aliphatic heterocycles. The lowest BCUT2D eigenvalue weighted by atomic mass is 9.93. The van der Waals surface area contributed by atoms with Crippen LogP contribution in [0.15, 0.2) is 36.9 Å². The maximum Gasteiger partial charge on any atom is 0.226 e. The third-order valence-electron chi connectivity index (χ3n) is 4.84. The molecule has 30 heavy (non-hydrogen) atoms. The number of fused-ring (bicyclic) bond motifs is 1. The van der Waals surface area contributed by atoms with Crippen LogP contribution in [0.3, 0.4) is 0 Å². The van der Waals surface area contributed by atoms with Crippen LogP contribution >= 0.6 is 11.6 Å². The number of hydrogen-bond acceptors (Lipinski definition) is 6. The fourth-order valence-corrected chi connectivity index (χ4v) is 3.36. The molecule has 0 radical (unpaired) electrons. The molecule has 4 aromatic rings. The molecule has 0 saturated carbocycles. The summed E-state index contributed by atoms with van der Waals surface area (Å²) in [6.07, 6.45) is 5.49. The molecule has 0 saturated heterocycles. The Hall–Kier alpha value is -3.00. The van der Waals surface area contributed by atoms with Crippen molar-refractivity contribution in [1.29, 1.82) is 0 Å². The van der Waals surface area contributed by atoms with Gasteiger partial charge in [0.2, 0.25) is 5.28 Å². The van der Waals surface area contributed by atoms with Gasteiger partial charge in [-0.15, -0.1) is 0 Å². The SMILES string of the molecule is CC(C)n1cnc2c(NCc3ncccc3-n3ccc(C(C)(C)C)n3)nc(Cl)nc21. The third-order valence-corrected chi connectivity index (χ3v) is 5.01. The van der Waals surface area contributed by atoms with E-state index in [0.29, 0.717) is 23.5 Å². The first-order valence-corrected chi connectivity index (χ1v) is 10.3. The van der Waals surface area contributed by atoms with Gasteiger partial charge in [-0.3, -0.25) is 4.98 Å². The summed E-state index contributed by atoms with van der Waals surface area (Å²) in [6.45, 7) is 11.0. The van der Waals surface area contributed by atoms with Crippen LogP contribution < -0.4 is 5.32 Å². The molecule has 0 fully saturated rings. The zero-order valence-electron chi connectivity index (χ0n) is 17.8. The molecule has 0 bridgehead atoms. The minimum absolute atomic E-state index is 0.0234. The molecular formula is C21H25ClN8. The standard InChI is InChI=1S/C21H25ClN8/c1-13(2)29-12-25-17-18(26-20(22)27-19(17)29)24-11-14-15(7-6-9-23-14)30-10-8-16(28-30)21(3,4)5/h6-10,12-13H,11H2,1-5H3,(H,24,26,27). The van der Waals surface area contributed by atoms with Crippen LogP contribution in [0.25, 0.3) is 16.9 Å². The smallest absolute Gasteiger partial charge is 0.226 e. The van der Waals surface area contributed by atoms with Gasteiger partial charge in [0.15, 0.2) is 17.0 Å². The molecule has 0 aromatic carbocycles. The lowest BCUT2D eigenvalue weighted by Gasteiger charge is -2.15. The first-order valence-electron chi connectivity index (χ1n) is 9.88. The Morgan fingerprint density at radius 1 is 1.13 bits per heavy atom. The highest BCUT2D eigenvalue weighted by molar-refractivity contribution is 6.28. The van der Waals surface area contributed by atoms with Crippen LogP contribution in [-0.4, -0.2) is 34.3 Å². The van der Waals surface area contributed by atoms with Crippen molar-refractivity contribution < 1.29 is 0 Å². The molecule has 0 aliphatic rings. The summed E-state index contributed by atoms with van der Waals surface area (Å²) < 4.78 is 3.83. The molecule has 0 unspecified atom stereocenters. The zero-order chi connectivity index (χ0) is 21.5. The monoisotopic (exact) mass is 424 g/mol. The lowest BCUT2D eigenvalue weighted by Crippen LogP contribution is -2.13. The summed E-state index contributed by atoms with van der Waals surface area (Å²) in [5, 5.41) is 8.25. The van der Waals surface area contributed by atoms with Gasteiger partial charge in [-0.05, 0) is 43.6 Å². The van der Waals surface area contributed by atoms with Crippen molar-refractivity contribution in [3.63, 3.8) is 0 Å². The van der Waals surface area contributed by atoms with Gasteiger partial charge in [-0.1, -0.05) is 20.8 Å². The average molecular weight is 425 g/mol. The van der Waals surface area contributed by atoms with Crippen LogP contribution in [0, 0.1) is 0 Å². The Kier molecular flexibility index (Phi) is 5.19. The summed E-state index contributed by atoms with van der Waals surface area (Å²) in [6, 6.07) is 6.16. The van der Waals surface area contributed by atoms with Crippen molar-refractivity contribution in [2.75, 3.05) is 5.32 Å². The highest BCUT2D eigenvalue weighted by atomic mass is 35.5. The Balaban J connectivity index is 1.65. The van der Waals surface area contributed by atoms with Gasteiger partial charge in [0.25, 0.3) is 0 Å². The Bertz CT molecular complexity index is 1190. The van der Waals surface area contributed by atoms with E-state index in [2.05, 4.69) is 59.9 Å². The number of aromatic nitrogens is 7. The van der Waals surface area contributed by atoms with Crippen LogP contribution in [0.2, 0.25) is 5.28 Å². The highest BCUT2D eigenvalue weighted by Crippen LogP contribution is 2.25. The largest absolute Gasteiger partial charge is 0.362 e. The Morgan fingerprint density at radius 3 is 2.63 bits per heavy atom. The molecule has 0 aliphatic carbocycles. The summed E-state index contributed by atoms with van der Waals surface area (Å²) in [4.78, 5) is 17.7. The van der Waals surface area contributed by atoms with E-state index >= 15 is 0 Å². The van der Waals surface area contributed by atoms with E-state index < -0.39 is 0 Å². The molecule has 156 valence electrons. The van der Waals surface area contributed by atoms with Crippen LogP contribution in [0.5, 0.6) is 0 Å². The van der Waals surface area contributed by atoms with E-state index in [4.69, 9.17) is 16.7 Å². The molecule has 0 spiro atoms. The average Bonchev–Trinajstić information content (AvgIpc) is 3.33. The highest BCUT2D eigenvalue weighted by Gasteiger charge is 2.19. The topological polar surface area (TPSA) is 86.3 Å². The maximum absolute atomic E-state index is 6.18. The predicted molar refractivity (Wildman–Crippen MR) is 118 cm³/mol. The van der Waals surface area contributed by atoms with Crippen molar-refractivity contribution in [3.05, 3.63) is 53.6 Å². The molecule has 0 amide bonds. The Labute approximate surface area is 180 Å². The molecule has 8 nitrogen and oxygen atoms in total. The minimum Gasteiger partial charge on any atom is -0.362 e. The molecule has 4 heterocycles. The summed E-state index contributed by atoms with van der Waals surface area (Å²) in [7, 11) is 0. The fraction of sp³-hybridized carbons (Fsp3) is 0.381. The molecule has 9 heteroatoms. The number of imidazole rings is 1. The second-order valence-corrected chi connectivity index (χ2v) is 8.82. The molecular weight excluding hydrogens is 400 g/mol. The van der Waals surface area contributed by atoms with E-state index in [9.17, 15) is 0 Å². The van der Waals surface area contributed by atoms with Crippen molar-refractivity contribution in [2.45, 2.75) is 52.6 Å². The van der Waals surface area contributed by atoms with E-state index in [1.165, 1.54) is 0 Å². The number of hydrogen-bond donors (Lipinski definition) is 1. The van der Waals surface area contributed by atoms with Gasteiger partial charge in [0, 0.05) is 23.9 Å². The summed E-state index contributed by atoms with van der Waals surface area (Å²) in [5.74, 6) is 0.580. The first kappa shape index (κ1) is 20.3. The van der Waals surface area contributed by atoms with Crippen molar-refractivity contribution in [3.8, 4) is 5.69 Å². The van der Waals surface area contributed by atoms with Gasteiger partial charge >= 0.3 is 0 Å². The van der Waals surface area contributed by atoms with E-state index in [-0.39, 0.29) is 16.7 Å². The first-order chi connectivity index (χ1) is 14.2. The van der Waals surface area contributed by atoms with Crippen LogP contribution in [-0.2, 0) is 12.0 Å². The van der Waals surface area contributed by atoms with Crippen molar-refractivity contribution in [2.24, 2.45) is 0 Å². The third kappa shape index (κ3) is 3.87. The zero-order valence-corrected chi connectivity index (χ0v) is 18.5. The molecule has 4 rings (SSSR count). The number of halogens is 1. The van der Waals surface area contributed by atoms with E-state index in [1.54, 1.807) is 12.5 Å². The predicted octanol–water partition coefficient (Wildman–Crippen LogP) is 4.55. The van der Waals surface area contributed by atoms with Crippen LogP contribution in [0.1, 0.15) is 52.0 Å². The van der Waals surface area contributed by atoms with Gasteiger partial charge in [-0.25, -0.2) is 9.67 Å². The maximum atomic E-state index is 6.18. The second kappa shape index (κ2) is 7.68. The quantitative estimate of drug-likeness (QED) is 0.473.